The molecule has 2 N–H and O–H groups in total. The van der Waals surface area contributed by atoms with E-state index in [9.17, 15) is 0 Å². The minimum atomic E-state index is 0.556. The lowest BCUT2D eigenvalue weighted by Crippen LogP contribution is -2.01. The summed E-state index contributed by atoms with van der Waals surface area (Å²) in [5, 5.41) is 0.673. The van der Waals surface area contributed by atoms with Crippen molar-refractivity contribution in [3.05, 3.63) is 42.3 Å². The van der Waals surface area contributed by atoms with Crippen molar-refractivity contribution < 1.29 is 9.15 Å². The Hall–Kier alpha value is -1.46. The number of ether oxygens (including phenoxy) is 1. The molecule has 0 aliphatic carbocycles. The van der Waals surface area contributed by atoms with Crippen molar-refractivity contribution in [2.75, 3.05) is 12.4 Å². The van der Waals surface area contributed by atoms with Gasteiger partial charge in [-0.25, -0.2) is 4.98 Å². The summed E-state index contributed by atoms with van der Waals surface area (Å²) in [5.41, 5.74) is 6.62. The van der Waals surface area contributed by atoms with Crippen molar-refractivity contribution in [3.8, 4) is 5.75 Å². The molecule has 0 saturated heterocycles. The fourth-order valence-corrected chi connectivity index (χ4v) is 1.89. The Morgan fingerprint density at radius 3 is 2.76 bits per heavy atom. The van der Waals surface area contributed by atoms with E-state index in [1.807, 2.05) is 24.3 Å². The molecule has 1 aromatic heterocycles. The molecule has 0 radical (unpaired) electrons. The summed E-state index contributed by atoms with van der Waals surface area (Å²) in [4.78, 5) is 4.01. The number of oxazole rings is 1. The van der Waals surface area contributed by atoms with Gasteiger partial charge >= 0.3 is 0 Å². The van der Waals surface area contributed by atoms with E-state index >= 15 is 0 Å². The molecule has 2 rings (SSSR count). The van der Waals surface area contributed by atoms with Crippen LogP contribution in [0.25, 0.3) is 0 Å². The van der Waals surface area contributed by atoms with Crippen molar-refractivity contribution in [1.82, 2.24) is 4.98 Å². The quantitative estimate of drug-likeness (QED) is 0.629. The minimum Gasteiger partial charge on any atom is -0.493 e. The number of aromatic nitrogens is 1. The van der Waals surface area contributed by atoms with Gasteiger partial charge in [0.15, 0.2) is 0 Å². The highest BCUT2D eigenvalue weighted by atomic mass is 32.2. The Morgan fingerprint density at radius 2 is 2.12 bits per heavy atom. The molecule has 0 aliphatic rings. The van der Waals surface area contributed by atoms with Gasteiger partial charge in [-0.2, -0.15) is 0 Å². The van der Waals surface area contributed by atoms with Crippen LogP contribution < -0.4 is 10.5 Å². The summed E-state index contributed by atoms with van der Waals surface area (Å²) < 4.78 is 10.7. The average molecular weight is 250 g/mol. The normalized spacial score (nSPS) is 10.4. The van der Waals surface area contributed by atoms with Gasteiger partial charge in [-0.15, -0.1) is 0 Å². The number of thioether (sulfide) groups is 1. The third-order valence-corrected chi connectivity index (χ3v) is 2.97. The first-order valence-electron chi connectivity index (χ1n) is 5.32. The van der Waals surface area contributed by atoms with Crippen LogP contribution in [0.15, 0.2) is 46.4 Å². The second-order valence-electron chi connectivity index (χ2n) is 3.34. The van der Waals surface area contributed by atoms with Crippen LogP contribution in [0.5, 0.6) is 5.75 Å². The SMILES string of the molecule is NCc1ccc(OCCSc2ncco2)cc1. The van der Waals surface area contributed by atoms with E-state index in [4.69, 9.17) is 14.9 Å². The molecule has 0 saturated carbocycles. The zero-order valence-corrected chi connectivity index (χ0v) is 10.2. The molecule has 0 amide bonds. The molecule has 5 heteroatoms. The van der Waals surface area contributed by atoms with E-state index < -0.39 is 0 Å². The van der Waals surface area contributed by atoms with Crippen molar-refractivity contribution >= 4 is 11.8 Å². The Labute approximate surface area is 104 Å². The molecule has 2 aromatic rings. The number of benzene rings is 1. The van der Waals surface area contributed by atoms with Crippen LogP contribution in [-0.4, -0.2) is 17.3 Å². The maximum atomic E-state index is 5.57. The minimum absolute atomic E-state index is 0.556. The summed E-state index contributed by atoms with van der Waals surface area (Å²) in [6, 6.07) is 7.79. The second kappa shape index (κ2) is 6.32. The molecule has 17 heavy (non-hydrogen) atoms. The highest BCUT2D eigenvalue weighted by molar-refractivity contribution is 7.99. The van der Waals surface area contributed by atoms with Crippen LogP contribution in [0, 0.1) is 0 Å². The van der Waals surface area contributed by atoms with Gasteiger partial charge < -0.3 is 14.9 Å². The smallest absolute Gasteiger partial charge is 0.255 e. The van der Waals surface area contributed by atoms with Gasteiger partial charge in [0.05, 0.1) is 12.8 Å². The van der Waals surface area contributed by atoms with Crippen molar-refractivity contribution in [3.63, 3.8) is 0 Å². The van der Waals surface area contributed by atoms with E-state index in [2.05, 4.69) is 4.98 Å². The van der Waals surface area contributed by atoms with Crippen molar-refractivity contribution in [2.45, 2.75) is 11.8 Å². The van der Waals surface area contributed by atoms with Crippen LogP contribution in [-0.2, 0) is 6.54 Å². The summed E-state index contributed by atoms with van der Waals surface area (Å²) in [6.45, 7) is 1.18. The monoisotopic (exact) mass is 250 g/mol. The molecule has 0 fully saturated rings. The van der Waals surface area contributed by atoms with Crippen LogP contribution >= 0.6 is 11.8 Å². The molecule has 0 aliphatic heterocycles. The first-order chi connectivity index (χ1) is 8.38. The lowest BCUT2D eigenvalue weighted by Gasteiger charge is -2.05. The highest BCUT2D eigenvalue weighted by Crippen LogP contribution is 2.16. The maximum absolute atomic E-state index is 5.57. The van der Waals surface area contributed by atoms with Crippen LogP contribution in [0.2, 0.25) is 0 Å². The molecule has 0 bridgehead atoms. The zero-order valence-electron chi connectivity index (χ0n) is 9.33. The Balaban J connectivity index is 1.70. The van der Waals surface area contributed by atoms with Crippen LogP contribution in [0.1, 0.15) is 5.56 Å². The fraction of sp³-hybridized carbons (Fsp3) is 0.250. The van der Waals surface area contributed by atoms with Gasteiger partial charge in [0.25, 0.3) is 5.22 Å². The first kappa shape index (κ1) is 12.0. The average Bonchev–Trinajstić information content (AvgIpc) is 2.88. The number of rotatable bonds is 6. The van der Waals surface area contributed by atoms with Crippen molar-refractivity contribution in [1.29, 1.82) is 0 Å². The van der Waals surface area contributed by atoms with Gasteiger partial charge in [0, 0.05) is 12.3 Å². The lowest BCUT2D eigenvalue weighted by atomic mass is 10.2. The lowest BCUT2D eigenvalue weighted by molar-refractivity contribution is 0.343. The molecular weight excluding hydrogens is 236 g/mol. The Morgan fingerprint density at radius 1 is 1.29 bits per heavy atom. The van der Waals surface area contributed by atoms with E-state index in [0.29, 0.717) is 18.4 Å². The Kier molecular flexibility index (Phi) is 4.46. The first-order valence-corrected chi connectivity index (χ1v) is 6.31. The summed E-state index contributed by atoms with van der Waals surface area (Å²) in [6.07, 6.45) is 3.20. The van der Waals surface area contributed by atoms with Gasteiger partial charge in [0.1, 0.15) is 12.0 Å². The molecule has 90 valence electrons. The van der Waals surface area contributed by atoms with Gasteiger partial charge in [0.2, 0.25) is 0 Å². The molecule has 0 unspecified atom stereocenters. The molecule has 1 heterocycles. The predicted octanol–water partition coefficient (Wildman–Crippen LogP) is 2.30. The van der Waals surface area contributed by atoms with Gasteiger partial charge in [-0.05, 0) is 17.7 Å². The van der Waals surface area contributed by atoms with E-state index in [1.165, 1.54) is 11.8 Å². The largest absolute Gasteiger partial charge is 0.493 e. The predicted molar refractivity (Wildman–Crippen MR) is 67.1 cm³/mol. The van der Waals surface area contributed by atoms with Crippen LogP contribution in [0.3, 0.4) is 0 Å². The summed E-state index contributed by atoms with van der Waals surface area (Å²) >= 11 is 1.53. The van der Waals surface area contributed by atoms with E-state index in [0.717, 1.165) is 17.1 Å². The number of nitrogens with two attached hydrogens (primary N) is 1. The van der Waals surface area contributed by atoms with Crippen molar-refractivity contribution in [2.24, 2.45) is 5.73 Å². The maximum Gasteiger partial charge on any atom is 0.255 e. The molecule has 0 spiro atoms. The Bertz CT molecular complexity index is 428. The number of nitrogens with zero attached hydrogens (tertiary/aromatic N) is 1. The highest BCUT2D eigenvalue weighted by Gasteiger charge is 1.99. The third kappa shape index (κ3) is 3.80. The van der Waals surface area contributed by atoms with Crippen LogP contribution in [0.4, 0.5) is 0 Å². The second-order valence-corrected chi connectivity index (χ2v) is 4.39. The number of hydrogen-bond donors (Lipinski definition) is 1. The fourth-order valence-electron chi connectivity index (χ4n) is 1.29. The standard InChI is InChI=1S/C12H14N2O2S/c13-9-10-1-3-11(4-2-10)15-7-8-17-12-14-5-6-16-12/h1-6H,7-9,13H2. The zero-order chi connectivity index (χ0) is 11.9. The van der Waals surface area contributed by atoms with E-state index in [-0.39, 0.29) is 0 Å². The third-order valence-electron chi connectivity index (χ3n) is 2.15. The molecule has 0 atom stereocenters. The number of hydrogen-bond acceptors (Lipinski definition) is 5. The molecule has 4 nitrogen and oxygen atoms in total. The van der Waals surface area contributed by atoms with Gasteiger partial charge in [-0.3, -0.25) is 0 Å². The summed E-state index contributed by atoms with van der Waals surface area (Å²) in [5.74, 6) is 1.66. The van der Waals surface area contributed by atoms with E-state index in [1.54, 1.807) is 12.5 Å². The topological polar surface area (TPSA) is 61.3 Å². The molecular formula is C12H14N2O2S. The summed E-state index contributed by atoms with van der Waals surface area (Å²) in [7, 11) is 0. The van der Waals surface area contributed by atoms with Gasteiger partial charge in [-0.1, -0.05) is 23.9 Å². The molecule has 1 aromatic carbocycles.